The minimum atomic E-state index is -4.79. The van der Waals surface area contributed by atoms with Crippen LogP contribution in [0.5, 0.6) is 0 Å². The molecule has 0 aliphatic heterocycles. The largest absolute Gasteiger partial charge is 0.449 e. The molecule has 6 nitrogen and oxygen atoms in total. The van der Waals surface area contributed by atoms with Crippen LogP contribution in [0.1, 0.15) is 17.3 Å². The molecular formula is C17H13ClF3NO5S. The summed E-state index contributed by atoms with van der Waals surface area (Å²) in [6.45, 7) is 1.26. The summed E-state index contributed by atoms with van der Waals surface area (Å²) in [6, 6.07) is 6.93. The number of halogens is 4. The molecule has 2 rings (SSSR count). The fourth-order valence-corrected chi connectivity index (χ4v) is 2.93. The van der Waals surface area contributed by atoms with Crippen LogP contribution < -0.4 is 5.32 Å². The van der Waals surface area contributed by atoms with E-state index in [9.17, 15) is 31.2 Å². The van der Waals surface area contributed by atoms with Gasteiger partial charge in [-0.1, -0.05) is 11.6 Å². The second-order valence-corrected chi connectivity index (χ2v) is 7.82. The smallest absolute Gasteiger partial charge is 0.341 e. The molecule has 0 radical (unpaired) electrons. The summed E-state index contributed by atoms with van der Waals surface area (Å²) >= 11 is 5.79. The van der Waals surface area contributed by atoms with Crippen LogP contribution in [-0.2, 0) is 19.4 Å². The number of benzene rings is 2. The highest BCUT2D eigenvalue weighted by molar-refractivity contribution is 7.91. The van der Waals surface area contributed by atoms with Crippen LogP contribution in [0.4, 0.5) is 18.9 Å². The normalized spacial score (nSPS) is 12.5. The molecule has 0 bridgehead atoms. The van der Waals surface area contributed by atoms with Crippen molar-refractivity contribution in [2.75, 3.05) is 5.32 Å². The van der Waals surface area contributed by atoms with E-state index in [-0.39, 0.29) is 16.3 Å². The van der Waals surface area contributed by atoms with E-state index in [0.717, 1.165) is 36.4 Å². The molecule has 1 atom stereocenters. The van der Waals surface area contributed by atoms with E-state index in [1.807, 2.05) is 0 Å². The van der Waals surface area contributed by atoms with E-state index in [0.29, 0.717) is 0 Å². The Bertz CT molecular complexity index is 996. The Morgan fingerprint density at radius 2 is 1.71 bits per heavy atom. The van der Waals surface area contributed by atoms with Crippen molar-refractivity contribution in [2.45, 2.75) is 23.7 Å². The number of hydrogen-bond acceptors (Lipinski definition) is 5. The lowest BCUT2D eigenvalue weighted by Gasteiger charge is -2.14. The van der Waals surface area contributed by atoms with Crippen LogP contribution in [0, 0.1) is 5.82 Å². The second-order valence-electron chi connectivity index (χ2n) is 5.49. The molecule has 0 saturated heterocycles. The average Bonchev–Trinajstić information content (AvgIpc) is 2.63. The molecule has 0 fully saturated rings. The Morgan fingerprint density at radius 1 is 1.11 bits per heavy atom. The van der Waals surface area contributed by atoms with Gasteiger partial charge >= 0.3 is 11.7 Å². The summed E-state index contributed by atoms with van der Waals surface area (Å²) in [5, 5.41) is 2.31. The van der Waals surface area contributed by atoms with Crippen molar-refractivity contribution in [3.63, 3.8) is 0 Å². The van der Waals surface area contributed by atoms with E-state index in [4.69, 9.17) is 16.3 Å². The molecule has 0 aliphatic rings. The number of amides is 1. The van der Waals surface area contributed by atoms with Gasteiger partial charge in [0, 0.05) is 0 Å². The number of carbonyl (C=O) groups is 2. The maximum atomic E-state index is 13.0. The predicted molar refractivity (Wildman–Crippen MR) is 94.5 cm³/mol. The van der Waals surface area contributed by atoms with Gasteiger partial charge in [-0.2, -0.15) is 8.78 Å². The number of hydrogen-bond donors (Lipinski definition) is 1. The van der Waals surface area contributed by atoms with Gasteiger partial charge in [-0.15, -0.1) is 0 Å². The molecule has 0 aromatic heterocycles. The van der Waals surface area contributed by atoms with Gasteiger partial charge in [-0.3, -0.25) is 4.79 Å². The molecule has 11 heteroatoms. The lowest BCUT2D eigenvalue weighted by molar-refractivity contribution is -0.123. The average molecular weight is 436 g/mol. The van der Waals surface area contributed by atoms with E-state index in [2.05, 4.69) is 5.32 Å². The van der Waals surface area contributed by atoms with Crippen molar-refractivity contribution in [2.24, 2.45) is 0 Å². The second kappa shape index (κ2) is 8.61. The number of nitrogens with one attached hydrogen (secondary N) is 1. The summed E-state index contributed by atoms with van der Waals surface area (Å²) in [7, 11) is -4.79. The van der Waals surface area contributed by atoms with E-state index in [1.54, 1.807) is 0 Å². The zero-order chi connectivity index (χ0) is 21.1. The Morgan fingerprint density at radius 3 is 2.25 bits per heavy atom. The van der Waals surface area contributed by atoms with Crippen LogP contribution in [-0.4, -0.2) is 32.2 Å². The maximum Gasteiger partial charge on any atom is 0.341 e. The summed E-state index contributed by atoms with van der Waals surface area (Å²) < 4.78 is 65.6. The number of carbonyl (C=O) groups excluding carboxylic acids is 2. The summed E-state index contributed by atoms with van der Waals surface area (Å²) in [6.07, 6.45) is -1.28. The lowest BCUT2D eigenvalue weighted by atomic mass is 10.2. The first-order chi connectivity index (χ1) is 13.0. The first-order valence-electron chi connectivity index (χ1n) is 7.61. The third kappa shape index (κ3) is 5.02. The Kier molecular flexibility index (Phi) is 6.68. The summed E-state index contributed by atoms with van der Waals surface area (Å²) in [5.41, 5.74) is -0.0368. The molecule has 2 aromatic rings. The standard InChI is InChI=1S/C17H13ClF3NO5S/c1-9(15(23)22-14-7-4-11(19)8-13(14)18)27-16(24)10-2-5-12(6-3-10)28(25,26)17(20)21/h2-9,17H,1H3,(H,22,23). The minimum absolute atomic E-state index is 0.0531. The number of esters is 1. The molecule has 0 heterocycles. The van der Waals surface area contributed by atoms with E-state index in [1.165, 1.54) is 13.0 Å². The molecule has 0 aliphatic carbocycles. The highest BCUT2D eigenvalue weighted by Crippen LogP contribution is 2.23. The van der Waals surface area contributed by atoms with Gasteiger partial charge in [-0.05, 0) is 49.4 Å². The summed E-state index contributed by atoms with van der Waals surface area (Å²) in [4.78, 5) is 23.5. The molecular weight excluding hydrogens is 423 g/mol. The van der Waals surface area contributed by atoms with Crippen LogP contribution in [0.3, 0.4) is 0 Å². The minimum Gasteiger partial charge on any atom is -0.449 e. The van der Waals surface area contributed by atoms with Gasteiger partial charge in [0.25, 0.3) is 5.91 Å². The van der Waals surface area contributed by atoms with Crippen LogP contribution in [0.2, 0.25) is 5.02 Å². The van der Waals surface area contributed by atoms with Crippen molar-refractivity contribution in [1.29, 1.82) is 0 Å². The third-order valence-electron chi connectivity index (χ3n) is 3.50. The molecule has 1 N–H and O–H groups in total. The fourth-order valence-electron chi connectivity index (χ4n) is 1.99. The maximum absolute atomic E-state index is 13.0. The Labute approximate surface area is 163 Å². The monoisotopic (exact) mass is 435 g/mol. The van der Waals surface area contributed by atoms with Gasteiger partial charge in [0.2, 0.25) is 9.84 Å². The molecule has 28 heavy (non-hydrogen) atoms. The van der Waals surface area contributed by atoms with Gasteiger partial charge < -0.3 is 10.1 Å². The number of sulfone groups is 1. The number of ether oxygens (including phenoxy) is 1. The van der Waals surface area contributed by atoms with E-state index < -0.39 is 44.3 Å². The van der Waals surface area contributed by atoms with Crippen molar-refractivity contribution >= 4 is 39.0 Å². The topological polar surface area (TPSA) is 89.5 Å². The van der Waals surface area contributed by atoms with Gasteiger partial charge in [0.1, 0.15) is 5.82 Å². The van der Waals surface area contributed by atoms with Crippen LogP contribution in [0.15, 0.2) is 47.4 Å². The first-order valence-corrected chi connectivity index (χ1v) is 9.54. The zero-order valence-corrected chi connectivity index (χ0v) is 15.7. The van der Waals surface area contributed by atoms with E-state index >= 15 is 0 Å². The van der Waals surface area contributed by atoms with Crippen molar-refractivity contribution in [1.82, 2.24) is 0 Å². The SMILES string of the molecule is CC(OC(=O)c1ccc(S(=O)(=O)C(F)F)cc1)C(=O)Nc1ccc(F)cc1Cl. The quantitative estimate of drug-likeness (QED) is 0.699. The van der Waals surface area contributed by atoms with Crippen molar-refractivity contribution in [3.8, 4) is 0 Å². The number of rotatable bonds is 6. The van der Waals surface area contributed by atoms with Crippen LogP contribution in [0.25, 0.3) is 0 Å². The molecule has 150 valence electrons. The molecule has 0 saturated carbocycles. The highest BCUT2D eigenvalue weighted by atomic mass is 35.5. The Hall–Kier alpha value is -2.59. The van der Waals surface area contributed by atoms with Crippen molar-refractivity contribution < 1.29 is 35.9 Å². The van der Waals surface area contributed by atoms with Gasteiger partial charge in [-0.25, -0.2) is 17.6 Å². The third-order valence-corrected chi connectivity index (χ3v) is 5.21. The van der Waals surface area contributed by atoms with Crippen LogP contribution >= 0.6 is 11.6 Å². The molecule has 1 amide bonds. The zero-order valence-electron chi connectivity index (χ0n) is 14.2. The number of anilines is 1. The molecule has 2 aromatic carbocycles. The number of alkyl halides is 2. The van der Waals surface area contributed by atoms with Gasteiger partial charge in [0.05, 0.1) is 21.2 Å². The lowest BCUT2D eigenvalue weighted by Crippen LogP contribution is -2.30. The summed E-state index contributed by atoms with van der Waals surface area (Å²) in [5.74, 6) is -5.92. The molecule has 1 unspecified atom stereocenters. The van der Waals surface area contributed by atoms with Crippen molar-refractivity contribution in [3.05, 3.63) is 58.9 Å². The highest BCUT2D eigenvalue weighted by Gasteiger charge is 2.27. The Balaban J connectivity index is 2.04. The van der Waals surface area contributed by atoms with Gasteiger partial charge in [0.15, 0.2) is 6.10 Å². The molecule has 0 spiro atoms. The fraction of sp³-hybridized carbons (Fsp3) is 0.176. The first kappa shape index (κ1) is 21.7. The predicted octanol–water partition coefficient (Wildman–Crippen LogP) is 3.66.